The van der Waals surface area contributed by atoms with Gasteiger partial charge in [0.1, 0.15) is 6.04 Å². The zero-order valence-corrected chi connectivity index (χ0v) is 10.4. The van der Waals surface area contributed by atoms with Gasteiger partial charge < -0.3 is 11.3 Å². The van der Waals surface area contributed by atoms with Gasteiger partial charge in [-0.25, -0.2) is 0 Å². The second kappa shape index (κ2) is 5.10. The van der Waals surface area contributed by atoms with Crippen molar-refractivity contribution in [2.24, 2.45) is 0 Å². The van der Waals surface area contributed by atoms with Gasteiger partial charge in [-0.05, 0) is 33.1 Å². The number of hydrogen-bond donors (Lipinski definition) is 1. The molecule has 88 valence electrons. The molecule has 16 heavy (non-hydrogen) atoms. The Bertz CT molecular complexity index is 275. The standard InChI is InChI=1S/C11H19NO3.Li.H/c1-11(2)7-8(4-6-15-11)12-5-3-9(12)10(13)14;;/h8-9H,3-7H2,1-2H3,(H,13,14);;/q;+1;-1. The Morgan fingerprint density at radius 1 is 1.50 bits per heavy atom. The van der Waals surface area contributed by atoms with Crippen LogP contribution in [0.15, 0.2) is 0 Å². The zero-order valence-electron chi connectivity index (χ0n) is 11.4. The predicted octanol–water partition coefficient (Wildman–Crippen LogP) is -1.78. The van der Waals surface area contributed by atoms with E-state index in [1.807, 2.05) is 0 Å². The smallest absolute Gasteiger partial charge is 1.00 e. The Morgan fingerprint density at radius 2 is 2.19 bits per heavy atom. The molecule has 0 amide bonds. The van der Waals surface area contributed by atoms with Crippen molar-refractivity contribution in [3.8, 4) is 0 Å². The molecule has 0 radical (unpaired) electrons. The Morgan fingerprint density at radius 3 is 2.62 bits per heavy atom. The Balaban J connectivity index is 0.00000128. The first-order valence-electron chi connectivity index (χ1n) is 5.62. The maximum Gasteiger partial charge on any atom is 1.00 e. The molecule has 2 unspecified atom stereocenters. The van der Waals surface area contributed by atoms with Crippen molar-refractivity contribution in [2.45, 2.75) is 50.8 Å². The van der Waals surface area contributed by atoms with Gasteiger partial charge in [-0.1, -0.05) is 0 Å². The number of hydrogen-bond acceptors (Lipinski definition) is 3. The SMILES string of the molecule is CC1(C)CC(N2CCC2C(=O)O)CCO1.[H-].[Li+]. The molecular formula is C11H20LiNO3. The molecule has 0 aromatic heterocycles. The molecule has 0 aromatic rings. The number of ether oxygens (including phenoxy) is 1. The molecule has 0 spiro atoms. The number of rotatable bonds is 2. The van der Waals surface area contributed by atoms with Gasteiger partial charge in [0, 0.05) is 19.2 Å². The molecule has 2 atom stereocenters. The van der Waals surface area contributed by atoms with Crippen LogP contribution in [0, 0.1) is 0 Å². The molecule has 2 aliphatic rings. The number of carboxylic acid groups (broad SMARTS) is 1. The Labute approximate surface area is 110 Å². The first kappa shape index (κ1) is 14.0. The topological polar surface area (TPSA) is 49.8 Å². The molecular weight excluding hydrogens is 201 g/mol. The molecule has 4 nitrogen and oxygen atoms in total. The molecule has 0 saturated carbocycles. The van der Waals surface area contributed by atoms with Crippen molar-refractivity contribution in [2.75, 3.05) is 13.2 Å². The molecule has 2 aliphatic heterocycles. The number of likely N-dealkylation sites (tertiary alicyclic amines) is 1. The third kappa shape index (κ3) is 2.81. The van der Waals surface area contributed by atoms with Crippen LogP contribution in [-0.2, 0) is 9.53 Å². The second-order valence-electron chi connectivity index (χ2n) is 5.14. The van der Waals surface area contributed by atoms with Gasteiger partial charge in [-0.3, -0.25) is 9.69 Å². The molecule has 2 rings (SSSR count). The van der Waals surface area contributed by atoms with Crippen LogP contribution in [0.1, 0.15) is 34.5 Å². The summed E-state index contributed by atoms with van der Waals surface area (Å²) in [7, 11) is 0. The number of aliphatic carboxylic acids is 1. The summed E-state index contributed by atoms with van der Waals surface area (Å²) in [5.74, 6) is -0.675. The van der Waals surface area contributed by atoms with E-state index in [1.165, 1.54) is 0 Å². The van der Waals surface area contributed by atoms with Gasteiger partial charge in [-0.2, -0.15) is 0 Å². The molecule has 5 heteroatoms. The molecule has 0 bridgehead atoms. The van der Waals surface area contributed by atoms with E-state index >= 15 is 0 Å². The number of carbonyl (C=O) groups is 1. The minimum absolute atomic E-state index is 0. The summed E-state index contributed by atoms with van der Waals surface area (Å²) in [5, 5.41) is 8.99. The van der Waals surface area contributed by atoms with Crippen LogP contribution >= 0.6 is 0 Å². The molecule has 0 aromatic carbocycles. The van der Waals surface area contributed by atoms with Crippen LogP contribution in [0.2, 0.25) is 0 Å². The minimum Gasteiger partial charge on any atom is -1.00 e. The molecule has 0 aliphatic carbocycles. The summed E-state index contributed by atoms with van der Waals surface area (Å²) in [5.41, 5.74) is -0.0957. The average Bonchev–Trinajstić information content (AvgIpc) is 1.97. The van der Waals surface area contributed by atoms with E-state index in [2.05, 4.69) is 18.7 Å². The van der Waals surface area contributed by atoms with Crippen LogP contribution in [0.4, 0.5) is 0 Å². The summed E-state index contributed by atoms with van der Waals surface area (Å²) < 4.78 is 5.64. The first-order chi connectivity index (χ1) is 6.99. The van der Waals surface area contributed by atoms with E-state index < -0.39 is 5.97 Å². The van der Waals surface area contributed by atoms with Crippen molar-refractivity contribution in [3.63, 3.8) is 0 Å². The van der Waals surface area contributed by atoms with Crippen molar-refractivity contribution >= 4 is 5.97 Å². The summed E-state index contributed by atoms with van der Waals surface area (Å²) in [6.45, 7) is 5.83. The molecule has 2 heterocycles. The van der Waals surface area contributed by atoms with E-state index in [0.717, 1.165) is 32.4 Å². The van der Waals surface area contributed by atoms with E-state index in [-0.39, 0.29) is 31.9 Å². The van der Waals surface area contributed by atoms with Crippen LogP contribution in [0.5, 0.6) is 0 Å². The fourth-order valence-corrected chi connectivity index (χ4v) is 2.59. The van der Waals surface area contributed by atoms with Crippen molar-refractivity contribution in [1.29, 1.82) is 0 Å². The van der Waals surface area contributed by atoms with Crippen molar-refractivity contribution < 1.29 is 34.9 Å². The maximum atomic E-state index is 10.9. The quantitative estimate of drug-likeness (QED) is 0.560. The van der Waals surface area contributed by atoms with Crippen molar-refractivity contribution in [3.05, 3.63) is 0 Å². The normalized spacial score (nSPS) is 33.6. The summed E-state index contributed by atoms with van der Waals surface area (Å²) in [4.78, 5) is 13.0. The third-order valence-electron chi connectivity index (χ3n) is 3.49. The summed E-state index contributed by atoms with van der Waals surface area (Å²) in [6.07, 6.45) is 2.71. The fraction of sp³-hybridized carbons (Fsp3) is 0.909. The zero-order chi connectivity index (χ0) is 11.1. The minimum atomic E-state index is -0.675. The fourth-order valence-electron chi connectivity index (χ4n) is 2.59. The Kier molecular flexibility index (Phi) is 4.47. The average molecular weight is 221 g/mol. The molecule has 1 N–H and O–H groups in total. The van der Waals surface area contributed by atoms with Gasteiger partial charge in [0.15, 0.2) is 0 Å². The van der Waals surface area contributed by atoms with Crippen molar-refractivity contribution in [1.82, 2.24) is 4.90 Å². The van der Waals surface area contributed by atoms with Gasteiger partial charge in [-0.15, -0.1) is 0 Å². The predicted molar refractivity (Wildman–Crippen MR) is 56.9 cm³/mol. The maximum absolute atomic E-state index is 10.9. The number of nitrogens with zero attached hydrogens (tertiary/aromatic N) is 1. The van der Waals surface area contributed by atoms with Gasteiger partial charge in [0.2, 0.25) is 0 Å². The van der Waals surface area contributed by atoms with E-state index in [0.29, 0.717) is 6.04 Å². The molecule has 2 fully saturated rings. The van der Waals surface area contributed by atoms with E-state index in [1.54, 1.807) is 0 Å². The summed E-state index contributed by atoms with van der Waals surface area (Å²) >= 11 is 0. The molecule has 2 saturated heterocycles. The van der Waals surface area contributed by atoms with E-state index in [4.69, 9.17) is 9.84 Å². The van der Waals surface area contributed by atoms with Crippen LogP contribution in [0.25, 0.3) is 0 Å². The van der Waals surface area contributed by atoms with Crippen LogP contribution in [-0.4, -0.2) is 46.8 Å². The van der Waals surface area contributed by atoms with Gasteiger partial charge >= 0.3 is 24.8 Å². The Hall–Kier alpha value is -0.0126. The first-order valence-corrected chi connectivity index (χ1v) is 5.62. The van der Waals surface area contributed by atoms with Crippen LogP contribution < -0.4 is 18.9 Å². The second-order valence-corrected chi connectivity index (χ2v) is 5.14. The monoisotopic (exact) mass is 221 g/mol. The van der Waals surface area contributed by atoms with E-state index in [9.17, 15) is 4.79 Å². The van der Waals surface area contributed by atoms with Gasteiger partial charge in [0.05, 0.1) is 5.60 Å². The number of carboxylic acids is 1. The van der Waals surface area contributed by atoms with Gasteiger partial charge in [0.25, 0.3) is 0 Å². The largest absolute Gasteiger partial charge is 1.00 e. The summed E-state index contributed by atoms with van der Waals surface area (Å²) in [6, 6.07) is 0.146. The third-order valence-corrected chi connectivity index (χ3v) is 3.49. The van der Waals surface area contributed by atoms with Crippen LogP contribution in [0.3, 0.4) is 0 Å².